The van der Waals surface area contributed by atoms with Crippen molar-refractivity contribution < 1.29 is 4.79 Å². The monoisotopic (exact) mass is 308 g/mol. The highest BCUT2D eigenvalue weighted by molar-refractivity contribution is 9.10. The van der Waals surface area contributed by atoms with Crippen LogP contribution in [0.15, 0.2) is 45.9 Å². The third-order valence-corrected chi connectivity index (χ3v) is 4.06. The van der Waals surface area contributed by atoms with E-state index in [9.17, 15) is 4.79 Å². The van der Waals surface area contributed by atoms with Gasteiger partial charge in [0.15, 0.2) is 6.29 Å². The maximum Gasteiger partial charge on any atom is 0.168 e. The van der Waals surface area contributed by atoms with Gasteiger partial charge in [-0.05, 0) is 34.1 Å². The lowest BCUT2D eigenvalue weighted by molar-refractivity contribution is 0.111. The Morgan fingerprint density at radius 3 is 2.88 bits per heavy atom. The predicted molar refractivity (Wildman–Crippen MR) is 71.1 cm³/mol. The van der Waals surface area contributed by atoms with Crippen LogP contribution in [-0.4, -0.2) is 16.3 Å². The number of hydrogen-bond acceptors (Lipinski definition) is 4. The largest absolute Gasteiger partial charge is 0.296 e. The molecule has 0 fully saturated rings. The summed E-state index contributed by atoms with van der Waals surface area (Å²) in [5, 5.41) is 0. The Bertz CT molecular complexity index is 533. The van der Waals surface area contributed by atoms with E-state index in [-0.39, 0.29) is 0 Å². The number of carbonyl (C=O) groups excluding carboxylic acids is 1. The third kappa shape index (κ3) is 3.38. The van der Waals surface area contributed by atoms with Crippen molar-refractivity contribution in [3.63, 3.8) is 0 Å². The zero-order valence-electron chi connectivity index (χ0n) is 8.84. The van der Waals surface area contributed by atoms with Crippen molar-refractivity contribution >= 4 is 34.0 Å². The highest BCUT2D eigenvalue weighted by Gasteiger charge is 2.03. The van der Waals surface area contributed by atoms with E-state index in [4.69, 9.17) is 0 Å². The number of aromatic nitrogens is 2. The summed E-state index contributed by atoms with van der Waals surface area (Å²) in [5.41, 5.74) is 0.419. The number of rotatable bonds is 4. The van der Waals surface area contributed by atoms with Gasteiger partial charge in [0.25, 0.3) is 0 Å². The second-order valence-electron chi connectivity index (χ2n) is 3.23. The van der Waals surface area contributed by atoms with Gasteiger partial charge in [0.05, 0.1) is 5.75 Å². The minimum Gasteiger partial charge on any atom is -0.296 e. The van der Waals surface area contributed by atoms with Crippen molar-refractivity contribution in [3.05, 3.63) is 52.5 Å². The predicted octanol–water partition coefficient (Wildman–Crippen LogP) is 3.34. The van der Waals surface area contributed by atoms with Gasteiger partial charge in [-0.25, -0.2) is 9.97 Å². The molecule has 0 aliphatic rings. The van der Waals surface area contributed by atoms with E-state index in [2.05, 4.69) is 25.9 Å². The van der Waals surface area contributed by atoms with Crippen molar-refractivity contribution in [2.24, 2.45) is 0 Å². The molecule has 0 amide bonds. The molecule has 0 radical (unpaired) electrons. The molecule has 2 rings (SSSR count). The first kappa shape index (κ1) is 12.3. The number of halogens is 1. The summed E-state index contributed by atoms with van der Waals surface area (Å²) in [7, 11) is 0. The lowest BCUT2D eigenvalue weighted by Gasteiger charge is -2.03. The normalized spacial score (nSPS) is 10.2. The van der Waals surface area contributed by atoms with Gasteiger partial charge in [0, 0.05) is 15.6 Å². The van der Waals surface area contributed by atoms with Crippen LogP contribution in [0.2, 0.25) is 0 Å². The van der Waals surface area contributed by atoms with Gasteiger partial charge in [0.2, 0.25) is 0 Å². The molecular weight excluding hydrogens is 300 g/mol. The van der Waals surface area contributed by atoms with Crippen LogP contribution >= 0.6 is 27.7 Å². The Morgan fingerprint density at radius 1 is 1.29 bits per heavy atom. The maximum atomic E-state index is 10.6. The molecule has 1 aromatic heterocycles. The van der Waals surface area contributed by atoms with Gasteiger partial charge in [-0.3, -0.25) is 4.79 Å². The lowest BCUT2D eigenvalue weighted by Crippen LogP contribution is -1.96. The molecule has 1 heterocycles. The van der Waals surface area contributed by atoms with Crippen molar-refractivity contribution in [1.29, 1.82) is 0 Å². The molecule has 0 saturated heterocycles. The fourth-order valence-corrected chi connectivity index (χ4v) is 2.69. The molecule has 5 heteroatoms. The Hall–Kier alpha value is -1.20. The Kier molecular flexibility index (Phi) is 4.28. The smallest absolute Gasteiger partial charge is 0.168 e. The minimum absolute atomic E-state index is 0.419. The van der Waals surface area contributed by atoms with Crippen LogP contribution in [0.1, 0.15) is 16.3 Å². The van der Waals surface area contributed by atoms with Crippen LogP contribution in [0.3, 0.4) is 0 Å². The van der Waals surface area contributed by atoms with Gasteiger partial charge in [0.1, 0.15) is 11.5 Å². The van der Waals surface area contributed by atoms with E-state index in [0.717, 1.165) is 15.7 Å². The first-order valence-electron chi connectivity index (χ1n) is 4.94. The SMILES string of the molecule is O=Cc1ccnc(CSc2ccccc2Br)n1. The van der Waals surface area contributed by atoms with E-state index >= 15 is 0 Å². The molecule has 3 nitrogen and oxygen atoms in total. The van der Waals surface area contributed by atoms with E-state index in [1.165, 1.54) is 0 Å². The molecule has 2 aromatic rings. The fraction of sp³-hybridized carbons (Fsp3) is 0.0833. The third-order valence-electron chi connectivity index (χ3n) is 2.04. The van der Waals surface area contributed by atoms with Gasteiger partial charge in [-0.2, -0.15) is 0 Å². The summed E-state index contributed by atoms with van der Waals surface area (Å²) >= 11 is 5.11. The second-order valence-corrected chi connectivity index (χ2v) is 5.11. The van der Waals surface area contributed by atoms with E-state index in [0.29, 0.717) is 17.3 Å². The van der Waals surface area contributed by atoms with Crippen LogP contribution < -0.4 is 0 Å². The maximum absolute atomic E-state index is 10.6. The van der Waals surface area contributed by atoms with Crippen LogP contribution in [-0.2, 0) is 5.75 Å². The summed E-state index contributed by atoms with van der Waals surface area (Å²) < 4.78 is 1.05. The number of benzene rings is 1. The van der Waals surface area contributed by atoms with Crippen molar-refractivity contribution in [1.82, 2.24) is 9.97 Å². The number of hydrogen-bond donors (Lipinski definition) is 0. The Balaban J connectivity index is 2.07. The van der Waals surface area contributed by atoms with Crippen molar-refractivity contribution in [3.8, 4) is 0 Å². The average molecular weight is 309 g/mol. The van der Waals surface area contributed by atoms with Gasteiger partial charge >= 0.3 is 0 Å². The number of thioether (sulfide) groups is 1. The molecule has 86 valence electrons. The zero-order valence-corrected chi connectivity index (χ0v) is 11.2. The molecule has 0 aliphatic heterocycles. The van der Waals surface area contributed by atoms with Gasteiger partial charge in [-0.15, -0.1) is 11.8 Å². The standard InChI is InChI=1S/C12H9BrN2OS/c13-10-3-1-2-4-11(10)17-8-12-14-6-5-9(7-16)15-12/h1-7H,8H2. The molecule has 1 aromatic carbocycles. The van der Waals surface area contributed by atoms with Crippen LogP contribution in [0.5, 0.6) is 0 Å². The summed E-state index contributed by atoms with van der Waals surface area (Å²) in [5.74, 6) is 1.31. The molecule has 0 saturated carbocycles. The summed E-state index contributed by atoms with van der Waals surface area (Å²) in [4.78, 5) is 20.0. The Morgan fingerprint density at radius 2 is 2.12 bits per heavy atom. The zero-order chi connectivity index (χ0) is 12.1. The molecule has 0 spiro atoms. The molecule has 0 bridgehead atoms. The molecule has 0 aliphatic carbocycles. The molecule has 17 heavy (non-hydrogen) atoms. The van der Waals surface area contributed by atoms with Crippen LogP contribution in [0.4, 0.5) is 0 Å². The van der Waals surface area contributed by atoms with E-state index in [1.807, 2.05) is 24.3 Å². The Labute approximate surface area is 112 Å². The topological polar surface area (TPSA) is 42.9 Å². The quantitative estimate of drug-likeness (QED) is 0.642. The van der Waals surface area contributed by atoms with E-state index in [1.54, 1.807) is 24.0 Å². The summed E-state index contributed by atoms with van der Waals surface area (Å²) in [6.07, 6.45) is 2.33. The number of nitrogens with zero attached hydrogens (tertiary/aromatic N) is 2. The average Bonchev–Trinajstić information content (AvgIpc) is 2.38. The first-order valence-corrected chi connectivity index (χ1v) is 6.72. The fourth-order valence-electron chi connectivity index (χ4n) is 1.25. The number of carbonyl (C=O) groups is 1. The molecule has 0 atom stereocenters. The molecular formula is C12H9BrN2OS. The summed E-state index contributed by atoms with van der Waals surface area (Å²) in [6.45, 7) is 0. The lowest BCUT2D eigenvalue weighted by atomic mass is 10.4. The van der Waals surface area contributed by atoms with Gasteiger partial charge in [-0.1, -0.05) is 12.1 Å². The molecule has 0 unspecified atom stereocenters. The van der Waals surface area contributed by atoms with Crippen LogP contribution in [0.25, 0.3) is 0 Å². The summed E-state index contributed by atoms with van der Waals surface area (Å²) in [6, 6.07) is 9.57. The number of aldehydes is 1. The van der Waals surface area contributed by atoms with E-state index < -0.39 is 0 Å². The van der Waals surface area contributed by atoms with Gasteiger partial charge < -0.3 is 0 Å². The highest BCUT2D eigenvalue weighted by Crippen LogP contribution is 2.28. The van der Waals surface area contributed by atoms with Crippen molar-refractivity contribution in [2.75, 3.05) is 0 Å². The second kappa shape index (κ2) is 5.93. The minimum atomic E-state index is 0.419. The first-order chi connectivity index (χ1) is 8.29. The molecule has 0 N–H and O–H groups in total. The van der Waals surface area contributed by atoms with Crippen molar-refractivity contribution in [2.45, 2.75) is 10.6 Å². The van der Waals surface area contributed by atoms with Crippen LogP contribution in [0, 0.1) is 0 Å². The highest BCUT2D eigenvalue weighted by atomic mass is 79.9.